The predicted molar refractivity (Wildman–Crippen MR) is 116 cm³/mol. The van der Waals surface area contributed by atoms with Gasteiger partial charge in [0.2, 0.25) is 5.89 Å². The average molecular weight is 385 g/mol. The van der Waals surface area contributed by atoms with Gasteiger partial charge < -0.3 is 9.32 Å². The first-order chi connectivity index (χ1) is 12.2. The van der Waals surface area contributed by atoms with Crippen molar-refractivity contribution in [2.24, 2.45) is 0 Å². The molecular weight excluding hydrogens is 360 g/mol. The highest BCUT2D eigenvalue weighted by molar-refractivity contribution is 6.78. The highest BCUT2D eigenvalue weighted by Gasteiger charge is 2.26. The molecule has 0 saturated heterocycles. The summed E-state index contributed by atoms with van der Waals surface area (Å²) in [6.45, 7) is 9.52. The van der Waals surface area contributed by atoms with E-state index in [1.807, 2.05) is 24.3 Å². The second-order valence-corrected chi connectivity index (χ2v) is 13.7. The predicted octanol–water partition coefficient (Wildman–Crippen LogP) is 6.35. The molecule has 0 spiro atoms. The van der Waals surface area contributed by atoms with Gasteiger partial charge in [-0.1, -0.05) is 43.4 Å². The van der Waals surface area contributed by atoms with Gasteiger partial charge in [0.05, 0.1) is 8.07 Å². The molecule has 0 bridgehead atoms. The third-order valence-corrected chi connectivity index (χ3v) is 8.05. The van der Waals surface area contributed by atoms with Crippen molar-refractivity contribution in [1.82, 2.24) is 4.98 Å². The normalized spacial score (nSPS) is 13.5. The van der Waals surface area contributed by atoms with Crippen molar-refractivity contribution in [3.8, 4) is 0 Å². The van der Waals surface area contributed by atoms with Gasteiger partial charge in [0.25, 0.3) is 0 Å². The second kappa shape index (κ2) is 7.29. The topological polar surface area (TPSA) is 29.3 Å². The number of halogens is 1. The molecule has 2 aromatic carbocycles. The maximum Gasteiger partial charge on any atom is 0.220 e. The molecule has 1 atom stereocenters. The van der Waals surface area contributed by atoms with Crippen molar-refractivity contribution >= 4 is 48.6 Å². The molecule has 5 heteroatoms. The van der Waals surface area contributed by atoms with Gasteiger partial charge >= 0.3 is 0 Å². The lowest BCUT2D eigenvalue weighted by Gasteiger charge is -2.35. The fourth-order valence-electron chi connectivity index (χ4n) is 2.78. The largest absolute Gasteiger partial charge is 0.437 e. The van der Waals surface area contributed by atoms with Crippen LogP contribution in [0.25, 0.3) is 23.3 Å². The fourth-order valence-corrected chi connectivity index (χ4v) is 4.26. The average Bonchev–Trinajstić information content (AvgIpc) is 3.00. The SMILES string of the molecule is CC(N(C)c1ccc(C=Cc2nc3cc(Cl)ccc3o2)cc1)[Si](C)(C)C. The molecular formula is C21H25ClN2OSi. The number of oxazole rings is 1. The van der Waals surface area contributed by atoms with Crippen LogP contribution in [0, 0.1) is 0 Å². The van der Waals surface area contributed by atoms with Crippen molar-refractivity contribution in [2.45, 2.75) is 32.2 Å². The molecule has 0 saturated carbocycles. The Hall–Kier alpha value is -2.04. The molecule has 3 aromatic rings. The summed E-state index contributed by atoms with van der Waals surface area (Å²) in [5.41, 5.74) is 4.45. The van der Waals surface area contributed by atoms with Gasteiger partial charge in [-0.05, 0) is 48.9 Å². The Morgan fingerprint density at radius 3 is 2.42 bits per heavy atom. The summed E-state index contributed by atoms with van der Waals surface area (Å²) in [5.74, 6) is 0.579. The van der Waals surface area contributed by atoms with E-state index < -0.39 is 8.07 Å². The molecule has 0 fully saturated rings. The van der Waals surface area contributed by atoms with Crippen molar-refractivity contribution in [3.63, 3.8) is 0 Å². The monoisotopic (exact) mass is 384 g/mol. The maximum absolute atomic E-state index is 5.99. The molecule has 1 heterocycles. The third-order valence-electron chi connectivity index (χ3n) is 4.92. The lowest BCUT2D eigenvalue weighted by Crippen LogP contribution is -2.47. The number of aromatic nitrogens is 1. The molecule has 0 aliphatic carbocycles. The Morgan fingerprint density at radius 1 is 1.08 bits per heavy atom. The number of benzene rings is 2. The van der Waals surface area contributed by atoms with E-state index in [2.05, 4.69) is 67.8 Å². The van der Waals surface area contributed by atoms with E-state index in [1.54, 1.807) is 6.07 Å². The van der Waals surface area contributed by atoms with Gasteiger partial charge in [-0.25, -0.2) is 4.98 Å². The summed E-state index contributed by atoms with van der Waals surface area (Å²) in [7, 11) is 0.960. The first kappa shape index (κ1) is 18.7. The van der Waals surface area contributed by atoms with Crippen molar-refractivity contribution in [2.75, 3.05) is 11.9 Å². The molecule has 136 valence electrons. The lowest BCUT2D eigenvalue weighted by molar-refractivity contribution is 0.590. The fraction of sp³-hybridized carbons (Fsp3) is 0.286. The lowest BCUT2D eigenvalue weighted by atomic mass is 10.2. The zero-order chi connectivity index (χ0) is 18.9. The number of nitrogens with zero attached hydrogens (tertiary/aromatic N) is 2. The summed E-state index contributed by atoms with van der Waals surface area (Å²) in [4.78, 5) is 6.82. The van der Waals surface area contributed by atoms with E-state index in [1.165, 1.54) is 5.69 Å². The summed E-state index contributed by atoms with van der Waals surface area (Å²) in [6.07, 6.45) is 3.90. The van der Waals surface area contributed by atoms with E-state index in [0.717, 1.165) is 16.7 Å². The minimum absolute atomic E-state index is 0.579. The van der Waals surface area contributed by atoms with Crippen LogP contribution in [0.15, 0.2) is 46.9 Å². The van der Waals surface area contributed by atoms with Gasteiger partial charge in [0.15, 0.2) is 5.58 Å². The van der Waals surface area contributed by atoms with Crippen LogP contribution in [0.4, 0.5) is 5.69 Å². The minimum Gasteiger partial charge on any atom is -0.437 e. The standard InChI is InChI=1S/C21H25ClN2OSi/c1-15(26(3,4)5)24(2)18-10-6-16(7-11-18)8-13-21-23-19-14-17(22)9-12-20(19)25-21/h6-15H,1-5H3. The van der Waals surface area contributed by atoms with Crippen molar-refractivity contribution in [3.05, 3.63) is 58.9 Å². The van der Waals surface area contributed by atoms with Crippen LogP contribution in [-0.4, -0.2) is 25.8 Å². The summed E-state index contributed by atoms with van der Waals surface area (Å²) in [6, 6.07) is 14.0. The zero-order valence-electron chi connectivity index (χ0n) is 16.0. The Bertz CT molecular complexity index is 925. The smallest absolute Gasteiger partial charge is 0.220 e. The summed E-state index contributed by atoms with van der Waals surface area (Å²) >= 11 is 5.99. The zero-order valence-corrected chi connectivity index (χ0v) is 17.7. The number of fused-ring (bicyclic) bond motifs is 1. The summed E-state index contributed by atoms with van der Waals surface area (Å²) < 4.78 is 5.72. The number of anilines is 1. The molecule has 0 N–H and O–H groups in total. The van der Waals surface area contributed by atoms with Crippen LogP contribution in [0.5, 0.6) is 0 Å². The second-order valence-electron chi connectivity index (χ2n) is 7.74. The van der Waals surface area contributed by atoms with Crippen molar-refractivity contribution < 1.29 is 4.42 Å². The van der Waals surface area contributed by atoms with E-state index in [0.29, 0.717) is 16.6 Å². The number of hydrogen-bond acceptors (Lipinski definition) is 3. The third kappa shape index (κ3) is 4.19. The van der Waals surface area contributed by atoms with Crippen LogP contribution in [-0.2, 0) is 0 Å². The van der Waals surface area contributed by atoms with Crippen LogP contribution >= 0.6 is 11.6 Å². The summed E-state index contributed by atoms with van der Waals surface area (Å²) in [5, 5.41) is 0.661. The van der Waals surface area contributed by atoms with Crippen LogP contribution in [0.3, 0.4) is 0 Å². The van der Waals surface area contributed by atoms with Gasteiger partial charge in [-0.3, -0.25) is 0 Å². The number of rotatable bonds is 5. The first-order valence-corrected chi connectivity index (χ1v) is 12.8. The Morgan fingerprint density at radius 2 is 1.77 bits per heavy atom. The highest BCUT2D eigenvalue weighted by atomic mass is 35.5. The molecule has 1 unspecified atom stereocenters. The minimum atomic E-state index is -1.22. The molecule has 26 heavy (non-hydrogen) atoms. The van der Waals surface area contributed by atoms with Crippen LogP contribution in [0.2, 0.25) is 24.7 Å². The van der Waals surface area contributed by atoms with Crippen LogP contribution < -0.4 is 4.90 Å². The van der Waals surface area contributed by atoms with Gasteiger partial charge in [0.1, 0.15) is 5.52 Å². The van der Waals surface area contributed by atoms with Gasteiger partial charge in [-0.15, -0.1) is 0 Å². The maximum atomic E-state index is 5.99. The number of hydrogen-bond donors (Lipinski definition) is 0. The molecule has 0 amide bonds. The molecule has 0 radical (unpaired) electrons. The molecule has 0 aliphatic rings. The Labute approximate surface area is 161 Å². The molecule has 1 aromatic heterocycles. The van der Waals surface area contributed by atoms with Gasteiger partial charge in [0, 0.05) is 29.5 Å². The van der Waals surface area contributed by atoms with Gasteiger partial charge in [-0.2, -0.15) is 0 Å². The Kier molecular flexibility index (Phi) is 5.26. The van der Waals surface area contributed by atoms with Crippen molar-refractivity contribution in [1.29, 1.82) is 0 Å². The molecule has 0 aliphatic heterocycles. The Balaban J connectivity index is 1.75. The molecule has 3 nitrogen and oxygen atoms in total. The van der Waals surface area contributed by atoms with Crippen LogP contribution in [0.1, 0.15) is 18.4 Å². The van der Waals surface area contributed by atoms with E-state index >= 15 is 0 Å². The highest BCUT2D eigenvalue weighted by Crippen LogP contribution is 2.23. The quantitative estimate of drug-likeness (QED) is 0.479. The van der Waals surface area contributed by atoms with E-state index in [4.69, 9.17) is 16.0 Å². The first-order valence-electron chi connectivity index (χ1n) is 8.81. The molecule has 3 rings (SSSR count). The van der Waals surface area contributed by atoms with E-state index in [-0.39, 0.29) is 0 Å². The van der Waals surface area contributed by atoms with E-state index in [9.17, 15) is 0 Å².